The van der Waals surface area contributed by atoms with Crippen LogP contribution in [0.3, 0.4) is 0 Å². The molecule has 0 heterocycles. The van der Waals surface area contributed by atoms with Crippen molar-refractivity contribution in [2.24, 2.45) is 0 Å². The number of ether oxygens (including phenoxy) is 1. The Hall–Kier alpha value is -1.42. The maximum absolute atomic E-state index is 14.0. The smallest absolute Gasteiger partial charge is 0.198 e. The molecule has 0 N–H and O–H groups in total. The molecule has 0 aromatic heterocycles. The monoisotopic (exact) mass is 340 g/mol. The van der Waals surface area contributed by atoms with Crippen LogP contribution in [0, 0.1) is 11.6 Å². The fourth-order valence-corrected chi connectivity index (χ4v) is 2.08. The molecule has 0 saturated carbocycles. The average molecular weight is 341 g/mol. The Morgan fingerprint density at radius 3 is 2.15 bits per heavy atom. The van der Waals surface area contributed by atoms with Gasteiger partial charge in [-0.3, -0.25) is 0 Å². The number of benzene rings is 2. The van der Waals surface area contributed by atoms with Crippen LogP contribution in [0.4, 0.5) is 8.78 Å². The molecule has 106 valence electrons. The van der Waals surface area contributed by atoms with E-state index in [4.69, 9.17) is 4.74 Å². The Labute approximate surface area is 125 Å². The predicted molar refractivity (Wildman–Crippen MR) is 79.3 cm³/mol. The van der Waals surface area contributed by atoms with Gasteiger partial charge in [0, 0.05) is 4.47 Å². The third-order valence-corrected chi connectivity index (χ3v) is 3.76. The van der Waals surface area contributed by atoms with Gasteiger partial charge in [0.05, 0.1) is 0 Å². The van der Waals surface area contributed by atoms with Gasteiger partial charge in [-0.2, -0.15) is 0 Å². The van der Waals surface area contributed by atoms with Crippen LogP contribution in [0.25, 0.3) is 0 Å². The number of hydrogen-bond acceptors (Lipinski definition) is 1. The van der Waals surface area contributed by atoms with Gasteiger partial charge >= 0.3 is 0 Å². The molecule has 0 amide bonds. The second kappa shape index (κ2) is 6.35. The summed E-state index contributed by atoms with van der Waals surface area (Å²) in [6, 6.07) is 9.46. The Morgan fingerprint density at radius 1 is 1.10 bits per heavy atom. The first-order chi connectivity index (χ1) is 9.51. The van der Waals surface area contributed by atoms with Crippen LogP contribution in [-0.4, -0.2) is 0 Å². The first kappa shape index (κ1) is 15.0. The third kappa shape index (κ3) is 3.37. The second-order valence-corrected chi connectivity index (χ2v) is 5.59. The predicted octanol–water partition coefficient (Wildman–Crippen LogP) is 6.03. The zero-order valence-electron chi connectivity index (χ0n) is 11.3. The quantitative estimate of drug-likeness (QED) is 0.659. The minimum atomic E-state index is -0.678. The highest BCUT2D eigenvalue weighted by atomic mass is 79.9. The van der Waals surface area contributed by atoms with Crippen LogP contribution in [0.1, 0.15) is 31.7 Å². The van der Waals surface area contributed by atoms with Crippen LogP contribution in [0.2, 0.25) is 0 Å². The van der Waals surface area contributed by atoms with Crippen molar-refractivity contribution in [1.29, 1.82) is 0 Å². The van der Waals surface area contributed by atoms with Crippen molar-refractivity contribution < 1.29 is 13.5 Å². The highest BCUT2D eigenvalue weighted by Crippen LogP contribution is 2.31. The standard InChI is InChI=1S/C16H15BrF2O/c1-3-10(2)11-8-14(18)16(15(19)9-11)20-13-6-4-12(17)5-7-13/h4-10H,3H2,1-2H3. The first-order valence-corrected chi connectivity index (χ1v) is 7.23. The molecule has 1 atom stereocenters. The van der Waals surface area contributed by atoms with Crippen LogP contribution >= 0.6 is 15.9 Å². The van der Waals surface area contributed by atoms with E-state index in [1.54, 1.807) is 24.3 Å². The van der Waals surface area contributed by atoms with Gasteiger partial charge in [-0.05, 0) is 54.3 Å². The van der Waals surface area contributed by atoms with Crippen molar-refractivity contribution in [2.45, 2.75) is 26.2 Å². The Balaban J connectivity index is 2.30. The van der Waals surface area contributed by atoms with Crippen molar-refractivity contribution in [3.8, 4) is 11.5 Å². The average Bonchev–Trinajstić information content (AvgIpc) is 2.43. The zero-order chi connectivity index (χ0) is 14.7. The molecule has 2 rings (SSSR count). The lowest BCUT2D eigenvalue weighted by Gasteiger charge is -2.13. The molecule has 0 radical (unpaired) electrons. The van der Waals surface area contributed by atoms with Gasteiger partial charge in [0.1, 0.15) is 5.75 Å². The largest absolute Gasteiger partial charge is 0.451 e. The van der Waals surface area contributed by atoms with Gasteiger partial charge in [-0.1, -0.05) is 29.8 Å². The lowest BCUT2D eigenvalue weighted by Crippen LogP contribution is -1.98. The van der Waals surface area contributed by atoms with E-state index in [1.807, 2.05) is 13.8 Å². The molecule has 0 fully saturated rings. The second-order valence-electron chi connectivity index (χ2n) is 4.68. The van der Waals surface area contributed by atoms with Crippen molar-refractivity contribution >= 4 is 15.9 Å². The third-order valence-electron chi connectivity index (χ3n) is 3.24. The van der Waals surface area contributed by atoms with E-state index in [0.717, 1.165) is 10.9 Å². The van der Waals surface area contributed by atoms with Gasteiger partial charge in [-0.25, -0.2) is 8.78 Å². The summed E-state index contributed by atoms with van der Waals surface area (Å²) in [5, 5.41) is 0. The van der Waals surface area contributed by atoms with Crippen LogP contribution in [-0.2, 0) is 0 Å². The summed E-state index contributed by atoms with van der Waals surface area (Å²) in [5.74, 6) is -1.21. The molecule has 0 bridgehead atoms. The van der Waals surface area contributed by atoms with Gasteiger partial charge < -0.3 is 4.74 Å². The van der Waals surface area contributed by atoms with E-state index in [-0.39, 0.29) is 11.7 Å². The van der Waals surface area contributed by atoms with Crippen LogP contribution in [0.5, 0.6) is 11.5 Å². The van der Waals surface area contributed by atoms with E-state index in [1.165, 1.54) is 12.1 Å². The van der Waals surface area contributed by atoms with Crippen LogP contribution < -0.4 is 4.74 Å². The minimum Gasteiger partial charge on any atom is -0.451 e. The highest BCUT2D eigenvalue weighted by Gasteiger charge is 2.16. The molecular weight excluding hydrogens is 326 g/mol. The summed E-state index contributed by atoms with van der Waals surface area (Å²) in [6.45, 7) is 3.91. The first-order valence-electron chi connectivity index (χ1n) is 6.43. The highest BCUT2D eigenvalue weighted by molar-refractivity contribution is 9.10. The van der Waals surface area contributed by atoms with E-state index in [9.17, 15) is 8.78 Å². The Kier molecular flexibility index (Phi) is 4.76. The Bertz CT molecular complexity index is 573. The van der Waals surface area contributed by atoms with Gasteiger partial charge in [0.25, 0.3) is 0 Å². The lowest BCUT2D eigenvalue weighted by molar-refractivity contribution is 0.405. The number of rotatable bonds is 4. The molecule has 1 unspecified atom stereocenters. The van der Waals surface area contributed by atoms with Gasteiger partial charge in [0.2, 0.25) is 0 Å². The normalized spacial score (nSPS) is 12.2. The Morgan fingerprint density at radius 2 is 1.65 bits per heavy atom. The lowest BCUT2D eigenvalue weighted by atomic mass is 9.98. The molecule has 0 aliphatic heterocycles. The molecule has 20 heavy (non-hydrogen) atoms. The molecule has 0 aliphatic rings. The molecular formula is C16H15BrF2O. The topological polar surface area (TPSA) is 9.23 Å². The molecule has 2 aromatic carbocycles. The van der Waals surface area contributed by atoms with Gasteiger partial charge in [-0.15, -0.1) is 0 Å². The molecule has 0 saturated heterocycles. The summed E-state index contributed by atoms with van der Waals surface area (Å²) >= 11 is 3.29. The molecule has 0 spiro atoms. The molecule has 1 nitrogen and oxygen atoms in total. The van der Waals surface area contributed by atoms with E-state index >= 15 is 0 Å². The number of hydrogen-bond donors (Lipinski definition) is 0. The summed E-state index contributed by atoms with van der Waals surface area (Å²) in [5.41, 5.74) is 0.644. The van der Waals surface area contributed by atoms with Crippen molar-refractivity contribution in [2.75, 3.05) is 0 Å². The van der Waals surface area contributed by atoms with E-state index in [2.05, 4.69) is 15.9 Å². The molecule has 0 aliphatic carbocycles. The van der Waals surface area contributed by atoms with Crippen molar-refractivity contribution in [3.63, 3.8) is 0 Å². The fourth-order valence-electron chi connectivity index (χ4n) is 1.82. The maximum Gasteiger partial charge on any atom is 0.198 e. The van der Waals surface area contributed by atoms with Crippen molar-refractivity contribution in [3.05, 3.63) is 58.1 Å². The van der Waals surface area contributed by atoms with E-state index < -0.39 is 11.6 Å². The SMILES string of the molecule is CCC(C)c1cc(F)c(Oc2ccc(Br)cc2)c(F)c1. The van der Waals surface area contributed by atoms with Crippen molar-refractivity contribution in [1.82, 2.24) is 0 Å². The minimum absolute atomic E-state index is 0.112. The van der Waals surface area contributed by atoms with E-state index in [0.29, 0.717) is 11.3 Å². The summed E-state index contributed by atoms with van der Waals surface area (Å²) in [6.07, 6.45) is 0.825. The molecule has 2 aromatic rings. The van der Waals surface area contributed by atoms with Crippen LogP contribution in [0.15, 0.2) is 40.9 Å². The maximum atomic E-state index is 14.0. The summed E-state index contributed by atoms with van der Waals surface area (Å²) < 4.78 is 34.2. The zero-order valence-corrected chi connectivity index (χ0v) is 12.9. The van der Waals surface area contributed by atoms with Gasteiger partial charge in [0.15, 0.2) is 17.4 Å². The fraction of sp³-hybridized carbons (Fsp3) is 0.250. The summed E-state index contributed by atoms with van der Waals surface area (Å²) in [7, 11) is 0. The molecule has 4 heteroatoms. The number of halogens is 3. The summed E-state index contributed by atoms with van der Waals surface area (Å²) in [4.78, 5) is 0.